The lowest BCUT2D eigenvalue weighted by Crippen LogP contribution is -2.58. The highest BCUT2D eigenvalue weighted by Crippen LogP contribution is 2.52. The zero-order valence-corrected chi connectivity index (χ0v) is 36.1. The van der Waals surface area contributed by atoms with E-state index in [0.717, 1.165) is 111 Å². The van der Waals surface area contributed by atoms with E-state index in [1.165, 1.54) is 0 Å². The van der Waals surface area contributed by atoms with Crippen LogP contribution in [0.4, 0.5) is 0 Å². The Hall–Kier alpha value is -9.01. The highest BCUT2D eigenvalue weighted by atomic mass is 16.5. The standard InChI is InChI=1S/C58H32B2N4O4/c1-9-25-41-33(17-1)34-18-2-10-26-42(34)63(41)55-49(53-51-57(61-55)67-47-31-15-7-23-39(47)59(51)37-21-5-13-29-45(37)65-53)50-54-52-58(62-56(50)64-43-27-11-3-19-35(43)36-20-4-12-28-44(36)64)68-48-32-16-8-24-40(48)60(52)38-22-6-14-30-46(38)66-54/h1-32H. The van der Waals surface area contributed by atoms with E-state index in [1.807, 2.05) is 36.4 Å². The van der Waals surface area contributed by atoms with Crippen molar-refractivity contribution in [2.45, 2.75) is 0 Å². The van der Waals surface area contributed by atoms with Crippen molar-refractivity contribution in [2.24, 2.45) is 0 Å². The smallest absolute Gasteiger partial charge is 0.262 e. The van der Waals surface area contributed by atoms with Gasteiger partial charge < -0.3 is 18.9 Å². The molecule has 0 saturated heterocycles. The molecule has 0 saturated carbocycles. The molecule has 0 amide bonds. The maximum absolute atomic E-state index is 7.49. The van der Waals surface area contributed by atoms with Gasteiger partial charge >= 0.3 is 0 Å². The molecular weight excluding hydrogens is 838 g/mol. The van der Waals surface area contributed by atoms with Gasteiger partial charge in [0, 0.05) is 32.5 Å². The summed E-state index contributed by atoms with van der Waals surface area (Å²) in [6.07, 6.45) is 0. The van der Waals surface area contributed by atoms with Gasteiger partial charge in [0.15, 0.2) is 11.6 Å². The Labute approximate surface area is 389 Å². The lowest BCUT2D eigenvalue weighted by atomic mass is 9.34. The van der Waals surface area contributed by atoms with Crippen molar-refractivity contribution in [1.82, 2.24) is 19.1 Å². The van der Waals surface area contributed by atoms with Crippen molar-refractivity contribution in [3.05, 3.63) is 194 Å². The second kappa shape index (κ2) is 13.3. The van der Waals surface area contributed by atoms with E-state index in [0.29, 0.717) is 34.9 Å². The molecule has 0 unspecified atom stereocenters. The molecule has 0 N–H and O–H groups in total. The van der Waals surface area contributed by atoms with E-state index < -0.39 is 0 Å². The highest BCUT2D eigenvalue weighted by molar-refractivity contribution is 6.99. The summed E-state index contributed by atoms with van der Waals surface area (Å²) in [4.78, 5) is 11.6. The third-order valence-electron chi connectivity index (χ3n) is 14.4. The number of hydrogen-bond acceptors (Lipinski definition) is 6. The second-order valence-corrected chi connectivity index (χ2v) is 17.9. The number of rotatable bonds is 3. The van der Waals surface area contributed by atoms with E-state index in [9.17, 15) is 0 Å². The van der Waals surface area contributed by atoms with Crippen molar-refractivity contribution in [2.75, 3.05) is 0 Å². The zero-order valence-electron chi connectivity index (χ0n) is 36.1. The first-order valence-electron chi connectivity index (χ1n) is 23.0. The van der Waals surface area contributed by atoms with Crippen LogP contribution < -0.4 is 51.7 Å². The fraction of sp³-hybridized carbons (Fsp3) is 0. The van der Waals surface area contributed by atoms with E-state index in [2.05, 4.69) is 167 Å². The summed E-state index contributed by atoms with van der Waals surface area (Å²) in [6.45, 7) is -0.506. The molecule has 0 fully saturated rings. The highest BCUT2D eigenvalue weighted by Gasteiger charge is 2.48. The van der Waals surface area contributed by atoms with Crippen LogP contribution in [-0.4, -0.2) is 32.5 Å². The van der Waals surface area contributed by atoms with Crippen LogP contribution in [0.25, 0.3) is 66.4 Å². The molecule has 8 aromatic carbocycles. The van der Waals surface area contributed by atoms with Gasteiger partial charge in [-0.15, -0.1) is 0 Å². The van der Waals surface area contributed by atoms with E-state index in [4.69, 9.17) is 28.9 Å². The topological polar surface area (TPSA) is 72.6 Å². The molecule has 0 bridgehead atoms. The van der Waals surface area contributed by atoms with Crippen LogP contribution in [0.1, 0.15) is 0 Å². The number of para-hydroxylation sites is 8. The maximum Gasteiger partial charge on any atom is 0.262 e. The minimum atomic E-state index is -0.253. The van der Waals surface area contributed by atoms with Crippen LogP contribution in [0, 0.1) is 0 Å². The van der Waals surface area contributed by atoms with Gasteiger partial charge in [0.2, 0.25) is 11.8 Å². The molecule has 314 valence electrons. The van der Waals surface area contributed by atoms with Crippen molar-refractivity contribution in [3.63, 3.8) is 0 Å². The van der Waals surface area contributed by atoms with E-state index in [-0.39, 0.29) is 13.4 Å². The van der Waals surface area contributed by atoms with Crippen molar-refractivity contribution in [1.29, 1.82) is 0 Å². The number of fused-ring (bicyclic) bond motifs is 14. The number of aromatic nitrogens is 4. The Morgan fingerprint density at radius 2 is 0.588 bits per heavy atom. The molecule has 4 aliphatic rings. The van der Waals surface area contributed by atoms with E-state index in [1.54, 1.807) is 0 Å². The lowest BCUT2D eigenvalue weighted by Gasteiger charge is -2.36. The molecule has 4 aliphatic heterocycles. The van der Waals surface area contributed by atoms with E-state index >= 15 is 0 Å². The molecule has 0 spiro atoms. The zero-order chi connectivity index (χ0) is 44.2. The van der Waals surface area contributed by atoms with Gasteiger partial charge in [-0.25, -0.2) is 0 Å². The van der Waals surface area contributed by atoms with Gasteiger partial charge in [-0.1, -0.05) is 146 Å². The largest absolute Gasteiger partial charge is 0.457 e. The molecule has 0 atom stereocenters. The third kappa shape index (κ3) is 4.70. The predicted molar refractivity (Wildman–Crippen MR) is 272 cm³/mol. The number of benzene rings is 8. The fourth-order valence-corrected chi connectivity index (χ4v) is 11.7. The third-order valence-corrected chi connectivity index (χ3v) is 14.4. The first kappa shape index (κ1) is 36.2. The second-order valence-electron chi connectivity index (χ2n) is 17.9. The van der Waals surface area contributed by atoms with Crippen LogP contribution >= 0.6 is 0 Å². The van der Waals surface area contributed by atoms with Crippen LogP contribution in [0.15, 0.2) is 194 Å². The fourth-order valence-electron chi connectivity index (χ4n) is 11.7. The molecule has 10 heteroatoms. The Balaban J connectivity index is 1.14. The molecular formula is C58H32B2N4O4. The summed E-state index contributed by atoms with van der Waals surface area (Å²) in [5, 5.41) is 4.39. The van der Waals surface area contributed by atoms with Gasteiger partial charge in [0.05, 0.1) is 33.2 Å². The molecule has 16 rings (SSSR count). The van der Waals surface area contributed by atoms with Gasteiger partial charge in [0.25, 0.3) is 13.4 Å². The molecule has 8 heterocycles. The van der Waals surface area contributed by atoms with Gasteiger partial charge in [-0.05, 0) is 70.4 Å². The van der Waals surface area contributed by atoms with Crippen LogP contribution in [0.2, 0.25) is 0 Å². The monoisotopic (exact) mass is 870 g/mol. The van der Waals surface area contributed by atoms with Crippen molar-refractivity contribution in [3.8, 4) is 69.0 Å². The normalized spacial score (nSPS) is 13.4. The van der Waals surface area contributed by atoms with Gasteiger partial charge in [-0.3, -0.25) is 9.13 Å². The van der Waals surface area contributed by atoms with Crippen LogP contribution in [0.5, 0.6) is 46.3 Å². The minimum Gasteiger partial charge on any atom is -0.457 e. The van der Waals surface area contributed by atoms with Crippen molar-refractivity contribution < 1.29 is 18.9 Å². The number of ether oxygens (including phenoxy) is 4. The molecule has 68 heavy (non-hydrogen) atoms. The first-order chi connectivity index (χ1) is 33.8. The average Bonchev–Trinajstić information content (AvgIpc) is 3.91. The minimum absolute atomic E-state index is 0.253. The number of nitrogens with zero attached hydrogens (tertiary/aromatic N) is 4. The molecule has 4 aromatic heterocycles. The molecule has 12 aromatic rings. The average molecular weight is 871 g/mol. The maximum atomic E-state index is 7.49. The Morgan fingerprint density at radius 3 is 0.926 bits per heavy atom. The Kier molecular flexibility index (Phi) is 7.09. The van der Waals surface area contributed by atoms with Crippen LogP contribution in [0.3, 0.4) is 0 Å². The van der Waals surface area contributed by atoms with Crippen LogP contribution in [-0.2, 0) is 0 Å². The molecule has 8 nitrogen and oxygen atoms in total. The van der Waals surface area contributed by atoms with Crippen molar-refractivity contribution >= 4 is 89.8 Å². The summed E-state index contributed by atoms with van der Waals surface area (Å²) in [5.74, 6) is 6.49. The Morgan fingerprint density at radius 1 is 0.309 bits per heavy atom. The summed E-state index contributed by atoms with van der Waals surface area (Å²) >= 11 is 0. The SMILES string of the molecule is c1ccc2c(c1)Oc1nc(-n3c4ccccc4c4ccccc43)c(-c3c(-n4c5ccccc5c5ccccc54)nc4c5c3Oc3ccccc3B5c3ccccc3O4)c3c1B2c1ccccc1O3. The molecule has 0 radical (unpaired) electrons. The Bertz CT molecular complexity index is 3820. The van der Waals surface area contributed by atoms with Gasteiger partial charge in [-0.2, -0.15) is 9.97 Å². The predicted octanol–water partition coefficient (Wildman–Crippen LogP) is 9.79. The quantitative estimate of drug-likeness (QED) is 0.165. The number of pyridine rings is 2. The summed E-state index contributed by atoms with van der Waals surface area (Å²) in [5.41, 5.74) is 11.2. The number of hydrogen-bond donors (Lipinski definition) is 0. The first-order valence-corrected chi connectivity index (χ1v) is 23.0. The summed E-state index contributed by atoms with van der Waals surface area (Å²) in [7, 11) is 0. The van der Waals surface area contributed by atoms with Gasteiger partial charge in [0.1, 0.15) is 34.5 Å². The summed E-state index contributed by atoms with van der Waals surface area (Å²) in [6, 6.07) is 67.3. The summed E-state index contributed by atoms with van der Waals surface area (Å²) < 4.78 is 33.5. The molecule has 0 aliphatic carbocycles. The lowest BCUT2D eigenvalue weighted by molar-refractivity contribution is 0.446.